The molecule has 0 spiro atoms. The normalized spacial score (nSPS) is 11.9. The van der Waals surface area contributed by atoms with Crippen LogP contribution in [0.4, 0.5) is 13.2 Å². The second kappa shape index (κ2) is 6.22. The number of nitrogens with one attached hydrogen (secondary N) is 1. The molecule has 0 radical (unpaired) electrons. The maximum atomic E-state index is 12.8. The number of halogens is 3. The molecular weight excluding hydrogens is 365 g/mol. The van der Waals surface area contributed by atoms with Gasteiger partial charge in [0.05, 0.1) is 11.9 Å². The maximum absolute atomic E-state index is 12.8. The molecule has 0 aliphatic carbocycles. The molecule has 1 N–H and O–H groups in total. The van der Waals surface area contributed by atoms with Crippen molar-refractivity contribution in [2.24, 2.45) is 7.05 Å². The van der Waals surface area contributed by atoms with E-state index >= 15 is 0 Å². The number of hydrogen-bond donors (Lipinski definition) is 1. The fourth-order valence-electron chi connectivity index (χ4n) is 2.91. The van der Waals surface area contributed by atoms with E-state index in [2.05, 4.69) is 9.97 Å². The van der Waals surface area contributed by atoms with Crippen LogP contribution in [-0.4, -0.2) is 24.9 Å². The molecule has 0 fully saturated rings. The number of hydrogen-bond acceptors (Lipinski definition) is 4. The Morgan fingerprint density at radius 2 is 1.89 bits per heavy atom. The van der Waals surface area contributed by atoms with Crippen molar-refractivity contribution in [3.05, 3.63) is 61.7 Å². The van der Waals surface area contributed by atoms with E-state index in [1.807, 2.05) is 0 Å². The highest BCUT2D eigenvalue weighted by Crippen LogP contribution is 2.28. The molecule has 0 amide bonds. The van der Waals surface area contributed by atoms with Crippen LogP contribution in [0.2, 0.25) is 0 Å². The Bertz CT molecular complexity index is 1190. The number of Topliss-reactive ketones (excluding diaryl/α,β-unsaturated/α-hetero) is 1. The number of aryl methyl sites for hydroxylation is 3. The summed E-state index contributed by atoms with van der Waals surface area (Å²) in [6.45, 7) is 2.92. The summed E-state index contributed by atoms with van der Waals surface area (Å²) in [5.41, 5.74) is -1.70. The molecule has 0 bridgehead atoms. The van der Waals surface area contributed by atoms with E-state index in [1.54, 1.807) is 19.9 Å². The number of alkyl halides is 3. The van der Waals surface area contributed by atoms with E-state index in [-0.39, 0.29) is 5.39 Å². The van der Waals surface area contributed by atoms with Gasteiger partial charge in [-0.2, -0.15) is 13.2 Å². The Balaban J connectivity index is 2.15. The molecule has 0 unspecified atom stereocenters. The molecule has 0 saturated carbocycles. The Morgan fingerprint density at radius 1 is 1.22 bits per heavy atom. The number of pyridine rings is 1. The molecule has 0 saturated heterocycles. The second-order valence-corrected chi connectivity index (χ2v) is 6.21. The van der Waals surface area contributed by atoms with Gasteiger partial charge in [-0.25, -0.2) is 9.78 Å². The summed E-state index contributed by atoms with van der Waals surface area (Å²) >= 11 is 0. The van der Waals surface area contributed by atoms with Crippen LogP contribution in [0.3, 0.4) is 0 Å². The van der Waals surface area contributed by atoms with Gasteiger partial charge in [-0.05, 0) is 32.0 Å². The lowest BCUT2D eigenvalue weighted by molar-refractivity contribution is -0.141. The van der Waals surface area contributed by atoms with Crippen LogP contribution < -0.4 is 11.2 Å². The highest BCUT2D eigenvalue weighted by Gasteiger charge is 2.33. The maximum Gasteiger partial charge on any atom is 0.433 e. The lowest BCUT2D eigenvalue weighted by Gasteiger charge is -2.11. The van der Waals surface area contributed by atoms with Gasteiger partial charge in [0.25, 0.3) is 5.56 Å². The minimum absolute atomic E-state index is 0.181. The molecule has 142 valence electrons. The lowest BCUT2D eigenvalue weighted by Crippen LogP contribution is -2.41. The first-order chi connectivity index (χ1) is 12.5. The fourth-order valence-corrected chi connectivity index (χ4v) is 2.91. The summed E-state index contributed by atoms with van der Waals surface area (Å²) < 4.78 is 40.1. The van der Waals surface area contributed by atoms with E-state index in [0.717, 1.165) is 16.3 Å². The Labute approximate surface area is 150 Å². The van der Waals surface area contributed by atoms with Crippen molar-refractivity contribution in [3.63, 3.8) is 0 Å². The predicted molar refractivity (Wildman–Crippen MR) is 90.8 cm³/mol. The fraction of sp³-hybridized carbons (Fsp3) is 0.294. The largest absolute Gasteiger partial charge is 0.433 e. The number of aromatic nitrogens is 4. The minimum Gasteiger partial charge on any atom is -0.362 e. The summed E-state index contributed by atoms with van der Waals surface area (Å²) in [5, 5.41) is -0.181. The molecule has 3 aromatic rings. The number of fused-ring (bicyclic) bond motifs is 1. The summed E-state index contributed by atoms with van der Waals surface area (Å²) in [7, 11) is 1.20. The molecule has 0 atom stereocenters. The van der Waals surface area contributed by atoms with Gasteiger partial charge in [-0.15, -0.1) is 0 Å². The Morgan fingerprint density at radius 3 is 2.44 bits per heavy atom. The average molecular weight is 380 g/mol. The van der Waals surface area contributed by atoms with Crippen LogP contribution in [0.25, 0.3) is 11.0 Å². The van der Waals surface area contributed by atoms with Gasteiger partial charge in [-0.1, -0.05) is 0 Å². The number of ketones is 1. The highest BCUT2D eigenvalue weighted by molar-refractivity contribution is 5.97. The average Bonchev–Trinajstić information content (AvgIpc) is 2.93. The van der Waals surface area contributed by atoms with Crippen LogP contribution in [0.15, 0.2) is 27.8 Å². The number of nitrogens with zero attached hydrogens (tertiary/aromatic N) is 3. The van der Waals surface area contributed by atoms with Crippen molar-refractivity contribution in [1.82, 2.24) is 19.1 Å². The van der Waals surface area contributed by atoms with Crippen LogP contribution in [-0.2, 0) is 19.8 Å². The number of H-pyrrole nitrogens is 1. The predicted octanol–water partition coefficient (Wildman–Crippen LogP) is 1.94. The van der Waals surface area contributed by atoms with Crippen molar-refractivity contribution < 1.29 is 18.0 Å². The third-order valence-electron chi connectivity index (χ3n) is 4.23. The topological polar surface area (TPSA) is 89.8 Å². The molecule has 0 aromatic carbocycles. The first-order valence-electron chi connectivity index (χ1n) is 7.88. The molecule has 10 heteroatoms. The summed E-state index contributed by atoms with van der Waals surface area (Å²) in [6, 6.07) is 3.23. The molecule has 3 heterocycles. The zero-order valence-corrected chi connectivity index (χ0v) is 14.6. The van der Waals surface area contributed by atoms with Crippen LogP contribution in [0.5, 0.6) is 0 Å². The van der Waals surface area contributed by atoms with E-state index in [0.29, 0.717) is 21.9 Å². The van der Waals surface area contributed by atoms with Gasteiger partial charge in [0, 0.05) is 24.0 Å². The zero-order chi connectivity index (χ0) is 20.1. The molecule has 7 nitrogen and oxygen atoms in total. The van der Waals surface area contributed by atoms with Crippen LogP contribution in [0.1, 0.15) is 27.4 Å². The first kappa shape index (κ1) is 18.6. The van der Waals surface area contributed by atoms with Gasteiger partial charge in [0.15, 0.2) is 5.78 Å². The SMILES string of the molecule is Cc1cc(C(=O)Cn2c(=O)c3ccc(C(F)(F)F)nc3n(C)c2=O)c(C)[nH]1. The number of aromatic amines is 1. The molecule has 27 heavy (non-hydrogen) atoms. The molecule has 3 aromatic heterocycles. The second-order valence-electron chi connectivity index (χ2n) is 6.21. The van der Waals surface area contributed by atoms with Crippen molar-refractivity contribution >= 4 is 16.8 Å². The van der Waals surface area contributed by atoms with Crippen molar-refractivity contribution in [2.75, 3.05) is 0 Å². The minimum atomic E-state index is -4.71. The quantitative estimate of drug-likeness (QED) is 0.704. The molecular formula is C17H15F3N4O3. The van der Waals surface area contributed by atoms with E-state index in [4.69, 9.17) is 0 Å². The van der Waals surface area contributed by atoms with Crippen LogP contribution in [0, 0.1) is 13.8 Å². The first-order valence-corrected chi connectivity index (χ1v) is 7.88. The highest BCUT2D eigenvalue weighted by atomic mass is 19.4. The zero-order valence-electron chi connectivity index (χ0n) is 14.6. The summed E-state index contributed by atoms with van der Waals surface area (Å²) in [5.74, 6) is -0.463. The van der Waals surface area contributed by atoms with Gasteiger partial charge in [0.2, 0.25) is 0 Å². The molecule has 3 rings (SSSR count). The van der Waals surface area contributed by atoms with Gasteiger partial charge in [0.1, 0.15) is 11.3 Å². The Hall–Kier alpha value is -3.17. The standard InChI is InChI=1S/C17H15F3N4O3/c1-8-6-11(9(2)21-8)12(25)7-24-15(26)10-4-5-13(17(18,19)20)22-14(10)23(3)16(24)27/h4-6,21H,7H2,1-3H3. The summed E-state index contributed by atoms with van der Waals surface area (Å²) in [4.78, 5) is 43.9. The molecule has 0 aliphatic heterocycles. The number of carbonyl (C=O) groups excluding carboxylic acids is 1. The monoisotopic (exact) mass is 380 g/mol. The van der Waals surface area contributed by atoms with E-state index in [9.17, 15) is 27.6 Å². The van der Waals surface area contributed by atoms with Crippen molar-refractivity contribution in [2.45, 2.75) is 26.6 Å². The Kier molecular flexibility index (Phi) is 4.29. The smallest absolute Gasteiger partial charge is 0.362 e. The third-order valence-corrected chi connectivity index (χ3v) is 4.23. The van der Waals surface area contributed by atoms with E-state index < -0.39 is 41.1 Å². The van der Waals surface area contributed by atoms with Crippen molar-refractivity contribution in [1.29, 1.82) is 0 Å². The van der Waals surface area contributed by atoms with Gasteiger partial charge < -0.3 is 4.98 Å². The van der Waals surface area contributed by atoms with Crippen molar-refractivity contribution in [3.8, 4) is 0 Å². The number of carbonyl (C=O) groups is 1. The molecule has 0 aliphatic rings. The lowest BCUT2D eigenvalue weighted by atomic mass is 10.1. The van der Waals surface area contributed by atoms with Crippen LogP contribution >= 0.6 is 0 Å². The van der Waals surface area contributed by atoms with E-state index in [1.165, 1.54) is 7.05 Å². The summed E-state index contributed by atoms with van der Waals surface area (Å²) in [6.07, 6.45) is -4.71. The number of rotatable bonds is 3. The third kappa shape index (κ3) is 3.18. The van der Waals surface area contributed by atoms with Gasteiger partial charge >= 0.3 is 11.9 Å². The van der Waals surface area contributed by atoms with Gasteiger partial charge in [-0.3, -0.25) is 18.7 Å².